The second kappa shape index (κ2) is 5.45. The van der Waals surface area contributed by atoms with Crippen LogP contribution < -0.4 is 0 Å². The molecule has 0 spiro atoms. The van der Waals surface area contributed by atoms with E-state index in [-0.39, 0.29) is 0 Å². The minimum Gasteiger partial charge on any atom is -0.466 e. The van der Waals surface area contributed by atoms with Crippen LogP contribution in [0.3, 0.4) is 0 Å². The van der Waals surface area contributed by atoms with Crippen LogP contribution in [0, 0.1) is 0 Å². The molecule has 0 fully saturated rings. The molecule has 0 atom stereocenters. The summed E-state index contributed by atoms with van der Waals surface area (Å²) < 4.78 is 4.46. The Hall–Kier alpha value is -1.28. The van der Waals surface area contributed by atoms with Gasteiger partial charge in [-0.05, 0) is 5.56 Å². The van der Waals surface area contributed by atoms with Crippen molar-refractivity contribution in [3.05, 3.63) is 47.0 Å². The standard InChI is InChI=1S/C11H11ClO2/c1-14-11(13)8-10(12)7-9-5-3-2-4-6-9/h2-6,8H,7H2,1H3/b10-8-. The SMILES string of the molecule is COC(=O)/C=C(\Cl)Cc1ccccc1. The number of methoxy groups -OCH3 is 1. The molecule has 0 unspecified atom stereocenters. The van der Waals surface area contributed by atoms with Crippen molar-refractivity contribution < 1.29 is 9.53 Å². The minimum atomic E-state index is -0.425. The normalized spacial score (nSPS) is 11.1. The predicted molar refractivity (Wildman–Crippen MR) is 56.1 cm³/mol. The van der Waals surface area contributed by atoms with Crippen LogP contribution >= 0.6 is 11.6 Å². The number of carbonyl (C=O) groups is 1. The molecule has 1 aromatic carbocycles. The van der Waals surface area contributed by atoms with Gasteiger partial charge in [0.25, 0.3) is 0 Å². The van der Waals surface area contributed by atoms with E-state index in [1.165, 1.54) is 13.2 Å². The molecule has 0 saturated heterocycles. The summed E-state index contributed by atoms with van der Waals surface area (Å²) in [7, 11) is 1.32. The molecule has 0 amide bonds. The van der Waals surface area contributed by atoms with Gasteiger partial charge in [0.15, 0.2) is 0 Å². The highest BCUT2D eigenvalue weighted by atomic mass is 35.5. The molecular formula is C11H11ClO2. The van der Waals surface area contributed by atoms with Crippen molar-refractivity contribution in [1.82, 2.24) is 0 Å². The van der Waals surface area contributed by atoms with Gasteiger partial charge < -0.3 is 4.74 Å². The van der Waals surface area contributed by atoms with Crippen LogP contribution in [0.25, 0.3) is 0 Å². The zero-order valence-corrected chi connectivity index (χ0v) is 8.62. The van der Waals surface area contributed by atoms with Gasteiger partial charge >= 0.3 is 5.97 Å². The third-order valence-electron chi connectivity index (χ3n) is 1.69. The molecule has 74 valence electrons. The topological polar surface area (TPSA) is 26.3 Å². The van der Waals surface area contributed by atoms with Gasteiger partial charge in [-0.3, -0.25) is 0 Å². The first-order chi connectivity index (χ1) is 6.72. The highest BCUT2D eigenvalue weighted by Crippen LogP contribution is 2.11. The highest BCUT2D eigenvalue weighted by Gasteiger charge is 1.99. The van der Waals surface area contributed by atoms with Gasteiger partial charge in [-0.2, -0.15) is 0 Å². The van der Waals surface area contributed by atoms with E-state index in [2.05, 4.69) is 4.74 Å². The zero-order chi connectivity index (χ0) is 10.4. The van der Waals surface area contributed by atoms with E-state index in [9.17, 15) is 4.79 Å². The lowest BCUT2D eigenvalue weighted by molar-refractivity contribution is -0.134. The second-order valence-electron chi connectivity index (χ2n) is 2.78. The molecule has 0 aliphatic heterocycles. The Morgan fingerprint density at radius 1 is 1.43 bits per heavy atom. The number of ether oxygens (including phenoxy) is 1. The third kappa shape index (κ3) is 3.62. The number of benzene rings is 1. The maximum Gasteiger partial charge on any atom is 0.331 e. The number of allylic oxidation sites excluding steroid dienone is 1. The fourth-order valence-electron chi connectivity index (χ4n) is 1.03. The second-order valence-corrected chi connectivity index (χ2v) is 3.26. The fourth-order valence-corrected chi connectivity index (χ4v) is 1.27. The maximum absolute atomic E-state index is 10.8. The number of carbonyl (C=O) groups excluding carboxylic acids is 1. The molecule has 14 heavy (non-hydrogen) atoms. The van der Waals surface area contributed by atoms with Crippen LogP contribution in [0.5, 0.6) is 0 Å². The molecule has 0 N–H and O–H groups in total. The Labute approximate surface area is 88.1 Å². The molecule has 0 aromatic heterocycles. The average Bonchev–Trinajstić information content (AvgIpc) is 2.19. The molecule has 1 aromatic rings. The monoisotopic (exact) mass is 210 g/mol. The van der Waals surface area contributed by atoms with E-state index >= 15 is 0 Å². The summed E-state index contributed by atoms with van der Waals surface area (Å²) in [6, 6.07) is 9.69. The summed E-state index contributed by atoms with van der Waals surface area (Å²) >= 11 is 5.85. The van der Waals surface area contributed by atoms with Gasteiger partial charge in [-0.25, -0.2) is 4.79 Å². The predicted octanol–water partition coefficient (Wildman–Crippen LogP) is 2.52. The van der Waals surface area contributed by atoms with Crippen LogP contribution in [-0.2, 0) is 16.0 Å². The van der Waals surface area contributed by atoms with Crippen LogP contribution in [0.4, 0.5) is 0 Å². The van der Waals surface area contributed by atoms with Gasteiger partial charge in [0.1, 0.15) is 0 Å². The van der Waals surface area contributed by atoms with E-state index in [0.29, 0.717) is 11.5 Å². The summed E-state index contributed by atoms with van der Waals surface area (Å²) in [6.45, 7) is 0. The summed E-state index contributed by atoms with van der Waals surface area (Å²) in [4.78, 5) is 10.8. The van der Waals surface area contributed by atoms with E-state index in [4.69, 9.17) is 11.6 Å². The molecular weight excluding hydrogens is 200 g/mol. The van der Waals surface area contributed by atoms with Crippen molar-refractivity contribution in [3.8, 4) is 0 Å². The summed E-state index contributed by atoms with van der Waals surface area (Å²) in [5, 5.41) is 0.475. The molecule has 0 saturated carbocycles. The van der Waals surface area contributed by atoms with Gasteiger partial charge in [-0.15, -0.1) is 0 Å². The number of halogens is 1. The van der Waals surface area contributed by atoms with Crippen molar-refractivity contribution in [2.75, 3.05) is 7.11 Å². The Morgan fingerprint density at radius 2 is 2.07 bits per heavy atom. The van der Waals surface area contributed by atoms with Crippen molar-refractivity contribution in [1.29, 1.82) is 0 Å². The molecule has 0 bridgehead atoms. The van der Waals surface area contributed by atoms with Gasteiger partial charge in [0.05, 0.1) is 7.11 Å². The minimum absolute atomic E-state index is 0.425. The highest BCUT2D eigenvalue weighted by molar-refractivity contribution is 6.31. The van der Waals surface area contributed by atoms with Gasteiger partial charge in [0.2, 0.25) is 0 Å². The molecule has 3 heteroatoms. The van der Waals surface area contributed by atoms with Crippen molar-refractivity contribution in [2.45, 2.75) is 6.42 Å². The first-order valence-electron chi connectivity index (χ1n) is 4.20. The Morgan fingerprint density at radius 3 is 2.64 bits per heavy atom. The number of esters is 1. The maximum atomic E-state index is 10.8. The van der Waals surface area contributed by atoms with Crippen molar-refractivity contribution in [2.24, 2.45) is 0 Å². The number of hydrogen-bond acceptors (Lipinski definition) is 2. The third-order valence-corrected chi connectivity index (χ3v) is 1.93. The molecule has 2 nitrogen and oxygen atoms in total. The lowest BCUT2D eigenvalue weighted by Crippen LogP contribution is -1.96. The summed E-state index contributed by atoms with van der Waals surface area (Å²) in [5.41, 5.74) is 1.07. The smallest absolute Gasteiger partial charge is 0.331 e. The average molecular weight is 211 g/mol. The molecule has 0 aliphatic carbocycles. The van der Waals surface area contributed by atoms with Crippen molar-refractivity contribution >= 4 is 17.6 Å². The van der Waals surface area contributed by atoms with E-state index in [0.717, 1.165) is 5.56 Å². The van der Waals surface area contributed by atoms with Crippen LogP contribution in [0.1, 0.15) is 5.56 Å². The molecule has 1 rings (SSSR count). The van der Waals surface area contributed by atoms with Crippen LogP contribution in [-0.4, -0.2) is 13.1 Å². The Bertz CT molecular complexity index is 330. The van der Waals surface area contributed by atoms with E-state index in [1.54, 1.807) is 0 Å². The lowest BCUT2D eigenvalue weighted by atomic mass is 10.1. The quantitative estimate of drug-likeness (QED) is 0.566. The first kappa shape index (κ1) is 10.8. The fraction of sp³-hybridized carbons (Fsp3) is 0.182. The van der Waals surface area contributed by atoms with E-state index in [1.807, 2.05) is 30.3 Å². The van der Waals surface area contributed by atoms with Crippen LogP contribution in [0.15, 0.2) is 41.4 Å². The largest absolute Gasteiger partial charge is 0.466 e. The van der Waals surface area contributed by atoms with Crippen molar-refractivity contribution in [3.63, 3.8) is 0 Å². The summed E-state index contributed by atoms with van der Waals surface area (Å²) in [5.74, 6) is -0.425. The Balaban J connectivity index is 2.61. The number of rotatable bonds is 3. The van der Waals surface area contributed by atoms with E-state index < -0.39 is 5.97 Å². The molecule has 0 heterocycles. The number of hydrogen-bond donors (Lipinski definition) is 0. The van der Waals surface area contributed by atoms with Gasteiger partial charge in [0, 0.05) is 17.5 Å². The zero-order valence-electron chi connectivity index (χ0n) is 7.87. The van der Waals surface area contributed by atoms with Crippen LogP contribution in [0.2, 0.25) is 0 Å². The first-order valence-corrected chi connectivity index (χ1v) is 4.58. The summed E-state index contributed by atoms with van der Waals surface area (Å²) in [6.07, 6.45) is 1.84. The molecule has 0 radical (unpaired) electrons. The Kier molecular flexibility index (Phi) is 4.20. The lowest BCUT2D eigenvalue weighted by Gasteiger charge is -1.98. The molecule has 0 aliphatic rings. The van der Waals surface area contributed by atoms with Gasteiger partial charge in [-0.1, -0.05) is 41.9 Å².